The van der Waals surface area contributed by atoms with Gasteiger partial charge in [0.15, 0.2) is 0 Å². The first-order valence-corrected chi connectivity index (χ1v) is 10.1. The average molecular weight is 375 g/mol. The molecule has 2 aliphatic rings. The maximum atomic E-state index is 13.3. The van der Waals surface area contributed by atoms with E-state index in [2.05, 4.69) is 5.10 Å². The molecule has 2 aromatic heterocycles. The van der Waals surface area contributed by atoms with Crippen molar-refractivity contribution in [1.29, 1.82) is 0 Å². The molecule has 0 bridgehead atoms. The van der Waals surface area contributed by atoms with Crippen molar-refractivity contribution in [3.8, 4) is 0 Å². The summed E-state index contributed by atoms with van der Waals surface area (Å²) in [6, 6.07) is 13.9. The highest BCUT2D eigenvalue weighted by atomic mass is 16.3. The van der Waals surface area contributed by atoms with Crippen molar-refractivity contribution in [3.05, 3.63) is 71.5 Å². The van der Waals surface area contributed by atoms with E-state index >= 15 is 0 Å². The number of fused-ring (bicyclic) bond motifs is 2. The van der Waals surface area contributed by atoms with Crippen LogP contribution in [-0.2, 0) is 5.60 Å². The lowest BCUT2D eigenvalue weighted by Gasteiger charge is -2.41. The molecule has 5 nitrogen and oxygen atoms in total. The van der Waals surface area contributed by atoms with Crippen molar-refractivity contribution in [1.82, 2.24) is 14.5 Å². The van der Waals surface area contributed by atoms with E-state index in [1.54, 1.807) is 10.7 Å². The summed E-state index contributed by atoms with van der Waals surface area (Å²) in [5.74, 6) is 0.437. The van der Waals surface area contributed by atoms with Crippen LogP contribution in [0.2, 0.25) is 0 Å². The molecule has 1 saturated heterocycles. The fourth-order valence-electron chi connectivity index (χ4n) is 5.20. The van der Waals surface area contributed by atoms with E-state index in [0.29, 0.717) is 24.6 Å². The second-order valence-electron chi connectivity index (χ2n) is 8.35. The zero-order valence-electron chi connectivity index (χ0n) is 16.1. The van der Waals surface area contributed by atoms with Crippen LogP contribution in [0.1, 0.15) is 40.7 Å². The summed E-state index contributed by atoms with van der Waals surface area (Å²) in [5, 5.41) is 15.9. The Morgan fingerprint density at radius 1 is 1.18 bits per heavy atom. The molecule has 1 aromatic carbocycles. The molecule has 0 unspecified atom stereocenters. The number of hydrogen-bond donors (Lipinski definition) is 1. The minimum absolute atomic E-state index is 0.0173. The molecule has 0 radical (unpaired) electrons. The van der Waals surface area contributed by atoms with Gasteiger partial charge in [0.05, 0.1) is 22.9 Å². The van der Waals surface area contributed by atoms with Crippen LogP contribution in [0.3, 0.4) is 0 Å². The second-order valence-corrected chi connectivity index (χ2v) is 8.35. The van der Waals surface area contributed by atoms with Gasteiger partial charge in [-0.2, -0.15) is 5.10 Å². The van der Waals surface area contributed by atoms with Gasteiger partial charge in [0.25, 0.3) is 5.91 Å². The predicted molar refractivity (Wildman–Crippen MR) is 107 cm³/mol. The third-order valence-electron chi connectivity index (χ3n) is 6.64. The van der Waals surface area contributed by atoms with Gasteiger partial charge in [-0.15, -0.1) is 0 Å². The van der Waals surface area contributed by atoms with Crippen molar-refractivity contribution < 1.29 is 9.90 Å². The number of aromatic nitrogens is 2. The number of aryl methyl sites for hydroxylation is 1. The van der Waals surface area contributed by atoms with E-state index in [0.717, 1.165) is 35.9 Å². The highest BCUT2D eigenvalue weighted by Gasteiger charge is 2.50. The van der Waals surface area contributed by atoms with Gasteiger partial charge in [0.2, 0.25) is 0 Å². The van der Waals surface area contributed by atoms with Crippen molar-refractivity contribution in [3.63, 3.8) is 0 Å². The highest BCUT2D eigenvalue weighted by molar-refractivity contribution is 6.00. The summed E-state index contributed by atoms with van der Waals surface area (Å²) in [4.78, 5) is 15.2. The Labute approximate surface area is 164 Å². The van der Waals surface area contributed by atoms with Gasteiger partial charge in [0.1, 0.15) is 0 Å². The molecular weight excluding hydrogens is 350 g/mol. The SMILES string of the molecule is Cc1ccc2c(C(=O)N3C[C@@H]4CCC[C@@](O)(c5ccccc5)[C@@H]4C3)cnn2c1. The number of pyridine rings is 1. The lowest BCUT2D eigenvalue weighted by atomic mass is 9.67. The van der Waals surface area contributed by atoms with Crippen LogP contribution in [0.25, 0.3) is 5.52 Å². The summed E-state index contributed by atoms with van der Waals surface area (Å²) in [6.07, 6.45) is 6.42. The standard InChI is InChI=1S/C23H25N3O2/c1-16-9-10-21-19(12-24-26(21)13-16)22(27)25-14-17-6-5-11-23(28,20(17)15-25)18-7-3-2-4-8-18/h2-4,7-10,12-13,17,20,28H,5-6,11,14-15H2,1H3/t17-,20+,23+/m0/s1. The molecule has 28 heavy (non-hydrogen) atoms. The first-order valence-electron chi connectivity index (χ1n) is 10.1. The van der Waals surface area contributed by atoms with Gasteiger partial charge in [-0.3, -0.25) is 4.79 Å². The van der Waals surface area contributed by atoms with Crippen molar-refractivity contribution in [2.24, 2.45) is 11.8 Å². The Balaban J connectivity index is 1.45. The lowest BCUT2D eigenvalue weighted by molar-refractivity contribution is -0.0644. The van der Waals surface area contributed by atoms with Crippen LogP contribution in [0.15, 0.2) is 54.9 Å². The molecule has 1 amide bonds. The normalized spacial score (nSPS) is 27.1. The van der Waals surface area contributed by atoms with Crippen LogP contribution in [-0.4, -0.2) is 38.6 Å². The monoisotopic (exact) mass is 375 g/mol. The Kier molecular flexibility index (Phi) is 4.02. The molecule has 3 heterocycles. The average Bonchev–Trinajstić information content (AvgIpc) is 3.33. The number of hydrogen-bond acceptors (Lipinski definition) is 3. The maximum Gasteiger partial charge on any atom is 0.257 e. The van der Waals surface area contributed by atoms with Gasteiger partial charge in [-0.05, 0) is 49.3 Å². The van der Waals surface area contributed by atoms with Gasteiger partial charge in [0, 0.05) is 25.2 Å². The number of likely N-dealkylation sites (tertiary alicyclic amines) is 1. The van der Waals surface area contributed by atoms with Crippen LogP contribution in [0.4, 0.5) is 0 Å². The van der Waals surface area contributed by atoms with Gasteiger partial charge in [-0.1, -0.05) is 36.4 Å². The van der Waals surface area contributed by atoms with Crippen molar-refractivity contribution >= 4 is 11.4 Å². The maximum absolute atomic E-state index is 13.3. The van der Waals surface area contributed by atoms with E-state index in [1.165, 1.54) is 0 Å². The van der Waals surface area contributed by atoms with Crippen LogP contribution >= 0.6 is 0 Å². The topological polar surface area (TPSA) is 57.8 Å². The lowest BCUT2D eigenvalue weighted by Crippen LogP contribution is -2.42. The summed E-state index contributed by atoms with van der Waals surface area (Å²) in [7, 11) is 0. The van der Waals surface area contributed by atoms with Crippen LogP contribution < -0.4 is 0 Å². The molecule has 5 heteroatoms. The number of nitrogens with zero attached hydrogens (tertiary/aromatic N) is 3. The number of benzene rings is 1. The third-order valence-corrected chi connectivity index (χ3v) is 6.64. The van der Waals surface area contributed by atoms with Gasteiger partial charge < -0.3 is 10.0 Å². The summed E-state index contributed by atoms with van der Waals surface area (Å²) in [6.45, 7) is 3.32. The van der Waals surface area contributed by atoms with Crippen molar-refractivity contribution in [2.75, 3.05) is 13.1 Å². The smallest absolute Gasteiger partial charge is 0.257 e. The molecule has 1 saturated carbocycles. The Morgan fingerprint density at radius 3 is 2.82 bits per heavy atom. The fourth-order valence-corrected chi connectivity index (χ4v) is 5.20. The summed E-state index contributed by atoms with van der Waals surface area (Å²) >= 11 is 0. The fraction of sp³-hybridized carbons (Fsp3) is 0.391. The molecule has 1 aliphatic heterocycles. The number of aliphatic hydroxyl groups is 1. The quantitative estimate of drug-likeness (QED) is 0.747. The van der Waals surface area contributed by atoms with Gasteiger partial charge >= 0.3 is 0 Å². The zero-order valence-corrected chi connectivity index (χ0v) is 16.1. The minimum atomic E-state index is -0.850. The largest absolute Gasteiger partial charge is 0.385 e. The zero-order chi connectivity index (χ0) is 19.3. The first-order chi connectivity index (χ1) is 13.6. The Bertz CT molecular complexity index is 1030. The molecule has 144 valence electrons. The number of rotatable bonds is 2. The molecule has 1 aliphatic carbocycles. The van der Waals surface area contributed by atoms with E-state index in [9.17, 15) is 9.90 Å². The number of amides is 1. The minimum Gasteiger partial charge on any atom is -0.385 e. The molecule has 0 spiro atoms. The van der Waals surface area contributed by atoms with Crippen molar-refractivity contribution in [2.45, 2.75) is 31.8 Å². The predicted octanol–water partition coefficient (Wildman–Crippen LogP) is 3.40. The third kappa shape index (κ3) is 2.65. The molecule has 1 N–H and O–H groups in total. The van der Waals surface area contributed by atoms with Crippen LogP contribution in [0.5, 0.6) is 0 Å². The number of carbonyl (C=O) groups excluding carboxylic acids is 1. The Hall–Kier alpha value is -2.66. The molecular formula is C23H25N3O2. The van der Waals surface area contributed by atoms with E-state index in [-0.39, 0.29) is 11.8 Å². The first kappa shape index (κ1) is 17.4. The van der Waals surface area contributed by atoms with Gasteiger partial charge in [-0.25, -0.2) is 4.52 Å². The van der Waals surface area contributed by atoms with E-state index < -0.39 is 5.60 Å². The molecule has 5 rings (SSSR count). The number of carbonyl (C=O) groups is 1. The molecule has 2 fully saturated rings. The highest BCUT2D eigenvalue weighted by Crippen LogP contribution is 2.48. The second kappa shape index (κ2) is 6.45. The summed E-state index contributed by atoms with van der Waals surface area (Å²) in [5.41, 5.74) is 2.71. The summed E-state index contributed by atoms with van der Waals surface area (Å²) < 4.78 is 1.77. The molecule has 3 atom stereocenters. The van der Waals surface area contributed by atoms with E-state index in [4.69, 9.17) is 0 Å². The van der Waals surface area contributed by atoms with Crippen LogP contribution in [0, 0.1) is 18.8 Å². The Morgan fingerprint density at radius 2 is 2.00 bits per heavy atom. The molecule has 3 aromatic rings. The van der Waals surface area contributed by atoms with E-state index in [1.807, 2.05) is 60.5 Å².